The number of thiazole rings is 1. The topological polar surface area (TPSA) is 68.3 Å². The fraction of sp³-hybridized carbons (Fsp3) is 0.400. The van der Waals surface area contributed by atoms with Crippen LogP contribution in [-0.2, 0) is 10.0 Å². The number of aromatic nitrogens is 1. The molecule has 1 heterocycles. The van der Waals surface area contributed by atoms with E-state index in [0.717, 1.165) is 29.9 Å². The molecule has 1 aromatic carbocycles. The van der Waals surface area contributed by atoms with Gasteiger partial charge in [0.1, 0.15) is 10.8 Å². The van der Waals surface area contributed by atoms with Crippen LogP contribution in [0.2, 0.25) is 0 Å². The van der Waals surface area contributed by atoms with Crippen molar-refractivity contribution in [2.24, 2.45) is 5.92 Å². The van der Waals surface area contributed by atoms with Gasteiger partial charge in [-0.2, -0.15) is 0 Å². The Bertz CT molecular complexity index is 861. The molecule has 0 unspecified atom stereocenters. The lowest BCUT2D eigenvalue weighted by Gasteiger charge is -2.17. The van der Waals surface area contributed by atoms with Gasteiger partial charge < -0.3 is 4.74 Å². The van der Waals surface area contributed by atoms with Crippen molar-refractivity contribution in [1.82, 2.24) is 9.71 Å². The first-order valence-corrected chi connectivity index (χ1v) is 9.74. The van der Waals surface area contributed by atoms with Crippen molar-refractivity contribution in [3.63, 3.8) is 0 Å². The number of sulfonamides is 1. The second-order valence-electron chi connectivity index (χ2n) is 5.77. The van der Waals surface area contributed by atoms with E-state index >= 15 is 0 Å². The van der Waals surface area contributed by atoms with E-state index in [-0.39, 0.29) is 10.8 Å². The normalized spacial score (nSPS) is 16.6. The number of benzene rings is 1. The molecular formula is C15H15F3N2O3S2. The van der Waals surface area contributed by atoms with Crippen LogP contribution in [0.25, 0.3) is 0 Å². The average molecular weight is 392 g/mol. The molecule has 0 saturated heterocycles. The zero-order valence-corrected chi connectivity index (χ0v) is 14.7. The van der Waals surface area contributed by atoms with Crippen LogP contribution in [0.4, 0.5) is 13.2 Å². The first kappa shape index (κ1) is 18.2. The molecule has 3 rings (SSSR count). The lowest BCUT2D eigenvalue weighted by molar-refractivity contribution is -0.274. The van der Waals surface area contributed by atoms with Crippen molar-refractivity contribution in [3.8, 4) is 5.75 Å². The summed E-state index contributed by atoms with van der Waals surface area (Å²) in [4.78, 5) is 4.91. The van der Waals surface area contributed by atoms with E-state index in [1.165, 1.54) is 23.5 Å². The van der Waals surface area contributed by atoms with Crippen LogP contribution in [0.5, 0.6) is 5.75 Å². The van der Waals surface area contributed by atoms with Crippen molar-refractivity contribution >= 4 is 21.4 Å². The summed E-state index contributed by atoms with van der Waals surface area (Å²) in [5, 5.41) is 0.659. The van der Waals surface area contributed by atoms with Gasteiger partial charge in [-0.1, -0.05) is 6.07 Å². The monoisotopic (exact) mass is 392 g/mol. The van der Waals surface area contributed by atoms with E-state index in [1.54, 1.807) is 6.20 Å². The molecule has 1 N–H and O–H groups in total. The SMILES string of the molecule is Cc1cnc([C@H](NS(=O)(=O)c2cccc(OC(F)(F)F)c2)C2CC2)s1. The molecule has 2 aromatic rings. The van der Waals surface area contributed by atoms with Gasteiger partial charge in [0.25, 0.3) is 0 Å². The summed E-state index contributed by atoms with van der Waals surface area (Å²) in [5.74, 6) is -0.432. The number of aryl methyl sites for hydroxylation is 1. The van der Waals surface area contributed by atoms with Crippen LogP contribution in [0, 0.1) is 12.8 Å². The van der Waals surface area contributed by atoms with Crippen molar-refractivity contribution < 1.29 is 26.3 Å². The zero-order valence-electron chi connectivity index (χ0n) is 13.1. The maximum atomic E-state index is 12.6. The molecule has 1 fully saturated rings. The summed E-state index contributed by atoms with van der Waals surface area (Å²) in [6, 6.07) is 3.86. The highest BCUT2D eigenvalue weighted by atomic mass is 32.2. The van der Waals surface area contributed by atoms with Gasteiger partial charge in [0.15, 0.2) is 0 Å². The Labute approximate surface area is 146 Å². The first-order chi connectivity index (χ1) is 11.6. The highest BCUT2D eigenvalue weighted by molar-refractivity contribution is 7.89. The number of hydrogen-bond acceptors (Lipinski definition) is 5. The summed E-state index contributed by atoms with van der Waals surface area (Å²) in [6.07, 6.45) is -1.46. The highest BCUT2D eigenvalue weighted by Crippen LogP contribution is 2.42. The fourth-order valence-electron chi connectivity index (χ4n) is 2.37. The summed E-state index contributed by atoms with van der Waals surface area (Å²) >= 11 is 1.40. The summed E-state index contributed by atoms with van der Waals surface area (Å²) < 4.78 is 68.5. The molecule has 1 aromatic heterocycles. The van der Waals surface area contributed by atoms with Crippen molar-refractivity contribution in [1.29, 1.82) is 0 Å². The van der Waals surface area contributed by atoms with Gasteiger partial charge in [-0.3, -0.25) is 0 Å². The third kappa shape index (κ3) is 4.71. The molecule has 1 saturated carbocycles. The number of rotatable bonds is 6. The zero-order chi connectivity index (χ0) is 18.2. The fourth-order valence-corrected chi connectivity index (χ4v) is 4.66. The summed E-state index contributed by atoms with van der Waals surface area (Å²) in [5.41, 5.74) is 0. The smallest absolute Gasteiger partial charge is 0.406 e. The molecule has 1 aliphatic carbocycles. The maximum absolute atomic E-state index is 12.6. The standard InChI is InChI=1S/C15H15F3N2O3S2/c1-9-8-19-14(24-9)13(10-5-6-10)20-25(21,22)12-4-2-3-11(7-12)23-15(16,17)18/h2-4,7-8,10,13,20H,5-6H2,1H3/t13-/m1/s1. The third-order valence-corrected chi connectivity index (χ3v) is 6.06. The molecule has 25 heavy (non-hydrogen) atoms. The molecule has 0 amide bonds. The van der Waals surface area contributed by atoms with Crippen LogP contribution in [0.15, 0.2) is 35.4 Å². The van der Waals surface area contributed by atoms with Gasteiger partial charge in [-0.25, -0.2) is 18.1 Å². The second-order valence-corrected chi connectivity index (χ2v) is 8.75. The van der Waals surface area contributed by atoms with E-state index in [9.17, 15) is 21.6 Å². The minimum atomic E-state index is -4.88. The largest absolute Gasteiger partial charge is 0.573 e. The van der Waals surface area contributed by atoms with Gasteiger partial charge in [0.2, 0.25) is 10.0 Å². The minimum Gasteiger partial charge on any atom is -0.406 e. The van der Waals surface area contributed by atoms with E-state index in [0.29, 0.717) is 5.01 Å². The molecule has 0 bridgehead atoms. The molecule has 5 nitrogen and oxygen atoms in total. The summed E-state index contributed by atoms with van der Waals surface area (Å²) in [7, 11) is -4.01. The number of hydrogen-bond donors (Lipinski definition) is 1. The average Bonchev–Trinajstić information content (AvgIpc) is 3.25. The number of halogens is 3. The Kier molecular flexibility index (Phi) is 4.78. The van der Waals surface area contributed by atoms with Crippen LogP contribution >= 0.6 is 11.3 Å². The molecule has 1 aliphatic rings. The third-order valence-electron chi connectivity index (χ3n) is 3.63. The quantitative estimate of drug-likeness (QED) is 0.812. The summed E-state index contributed by atoms with van der Waals surface area (Å²) in [6.45, 7) is 1.87. The predicted molar refractivity (Wildman–Crippen MR) is 85.8 cm³/mol. The Morgan fingerprint density at radius 1 is 1.36 bits per heavy atom. The van der Waals surface area contributed by atoms with E-state index in [1.807, 2.05) is 6.92 Å². The highest BCUT2D eigenvalue weighted by Gasteiger charge is 2.37. The van der Waals surface area contributed by atoms with E-state index in [2.05, 4.69) is 14.4 Å². The predicted octanol–water partition coefficient (Wildman–Crippen LogP) is 3.78. The molecule has 0 aliphatic heterocycles. The molecule has 0 radical (unpaired) electrons. The van der Waals surface area contributed by atoms with Gasteiger partial charge >= 0.3 is 6.36 Å². The second kappa shape index (κ2) is 6.58. The Morgan fingerprint density at radius 3 is 2.64 bits per heavy atom. The number of ether oxygens (including phenoxy) is 1. The van der Waals surface area contributed by atoms with Crippen molar-refractivity contribution in [2.75, 3.05) is 0 Å². The lowest BCUT2D eigenvalue weighted by atomic mass is 10.2. The molecule has 10 heteroatoms. The van der Waals surface area contributed by atoms with Crippen molar-refractivity contribution in [2.45, 2.75) is 37.1 Å². The number of nitrogens with one attached hydrogen (secondary N) is 1. The Balaban J connectivity index is 1.84. The lowest BCUT2D eigenvalue weighted by Crippen LogP contribution is -2.30. The van der Waals surface area contributed by atoms with E-state index in [4.69, 9.17) is 0 Å². The van der Waals surface area contributed by atoms with Gasteiger partial charge in [-0.15, -0.1) is 24.5 Å². The minimum absolute atomic E-state index is 0.148. The van der Waals surface area contributed by atoms with E-state index < -0.39 is 28.2 Å². The molecular weight excluding hydrogens is 377 g/mol. The van der Waals surface area contributed by atoms with Crippen LogP contribution in [-0.4, -0.2) is 19.8 Å². The van der Waals surface area contributed by atoms with Gasteiger partial charge in [0, 0.05) is 17.1 Å². The molecule has 0 spiro atoms. The molecule has 136 valence electrons. The molecule has 1 atom stereocenters. The van der Waals surface area contributed by atoms with Gasteiger partial charge in [-0.05, 0) is 37.8 Å². The maximum Gasteiger partial charge on any atom is 0.573 e. The number of nitrogens with zero attached hydrogens (tertiary/aromatic N) is 1. The van der Waals surface area contributed by atoms with Crippen LogP contribution < -0.4 is 9.46 Å². The van der Waals surface area contributed by atoms with Gasteiger partial charge in [0.05, 0.1) is 10.9 Å². The Morgan fingerprint density at radius 2 is 2.08 bits per heavy atom. The number of alkyl halides is 3. The van der Waals surface area contributed by atoms with Crippen molar-refractivity contribution in [3.05, 3.63) is 40.3 Å². The first-order valence-electron chi connectivity index (χ1n) is 7.44. The van der Waals surface area contributed by atoms with Crippen LogP contribution in [0.1, 0.15) is 28.8 Å². The Hall–Kier alpha value is -1.65. The van der Waals surface area contributed by atoms with Crippen LogP contribution in [0.3, 0.4) is 0 Å².